The van der Waals surface area contributed by atoms with Crippen LogP contribution in [0.15, 0.2) is 0 Å². The molecule has 0 saturated carbocycles. The Labute approximate surface area is 68.5 Å². The molecule has 0 bridgehead atoms. The van der Waals surface area contributed by atoms with Crippen molar-refractivity contribution in [3.05, 3.63) is 0 Å². The molecule has 0 aliphatic carbocycles. The number of rotatable bonds is 6. The van der Waals surface area contributed by atoms with Crippen molar-refractivity contribution in [3.8, 4) is 0 Å². The van der Waals surface area contributed by atoms with E-state index in [-0.39, 0.29) is 0 Å². The van der Waals surface area contributed by atoms with Crippen LogP contribution in [0.2, 0.25) is 0 Å². The van der Waals surface area contributed by atoms with Crippen molar-refractivity contribution in [1.82, 2.24) is 10.2 Å². The molecule has 0 spiro atoms. The van der Waals surface area contributed by atoms with Crippen LogP contribution in [0.1, 0.15) is 6.92 Å². The molecule has 0 aromatic rings. The summed E-state index contributed by atoms with van der Waals surface area (Å²) in [5, 5.41) is 3.14. The van der Waals surface area contributed by atoms with Gasteiger partial charge in [0.05, 0.1) is 6.29 Å². The van der Waals surface area contributed by atoms with E-state index in [1.54, 1.807) is 0 Å². The molecule has 0 rings (SSSR count). The molecule has 0 amide bonds. The van der Waals surface area contributed by atoms with Crippen molar-refractivity contribution < 1.29 is 9.46 Å². The average Bonchev–Trinajstić information content (AvgIpc) is 1.86. The highest BCUT2D eigenvalue weighted by molar-refractivity contribution is 7.37. The lowest BCUT2D eigenvalue weighted by molar-refractivity contribution is 0.365. The Kier molecular flexibility index (Phi) is 6.87. The monoisotopic (exact) mass is 180 g/mol. The molecular formula is C6H17N2O2P. The summed E-state index contributed by atoms with van der Waals surface area (Å²) in [6, 6.07) is 0. The summed E-state index contributed by atoms with van der Waals surface area (Å²) in [4.78, 5) is 10.4. The van der Waals surface area contributed by atoms with Crippen LogP contribution in [0.5, 0.6) is 0 Å². The van der Waals surface area contributed by atoms with E-state index in [0.29, 0.717) is 6.29 Å². The fraction of sp³-hybridized carbons (Fsp3) is 1.00. The molecule has 0 fully saturated rings. The van der Waals surface area contributed by atoms with E-state index in [9.17, 15) is 4.57 Å². The van der Waals surface area contributed by atoms with Crippen LogP contribution in [0.4, 0.5) is 0 Å². The van der Waals surface area contributed by atoms with E-state index in [4.69, 9.17) is 4.89 Å². The van der Waals surface area contributed by atoms with Crippen LogP contribution in [0.25, 0.3) is 0 Å². The van der Waals surface area contributed by atoms with Gasteiger partial charge in [0.1, 0.15) is 0 Å². The normalized spacial score (nSPS) is 13.8. The topological polar surface area (TPSA) is 52.6 Å². The third-order valence-corrected chi connectivity index (χ3v) is 2.14. The van der Waals surface area contributed by atoms with E-state index in [2.05, 4.69) is 5.32 Å². The van der Waals surface area contributed by atoms with Crippen molar-refractivity contribution in [3.63, 3.8) is 0 Å². The third kappa shape index (κ3) is 8.01. The first-order valence-electron chi connectivity index (χ1n) is 3.78. The molecule has 0 heterocycles. The maximum Gasteiger partial charge on any atom is 0.202 e. The van der Waals surface area contributed by atoms with Crippen molar-refractivity contribution in [2.75, 3.05) is 33.0 Å². The average molecular weight is 180 g/mol. The van der Waals surface area contributed by atoms with E-state index in [1.807, 2.05) is 18.9 Å². The fourth-order valence-corrected chi connectivity index (χ4v) is 1.38. The Balaban J connectivity index is 3.22. The Morgan fingerprint density at radius 2 is 2.27 bits per heavy atom. The number of nitrogens with one attached hydrogen (secondary N) is 1. The lowest BCUT2D eigenvalue weighted by Crippen LogP contribution is -2.28. The maximum atomic E-state index is 10.4. The number of likely N-dealkylation sites (N-methyl/N-ethyl adjacent to an activating group) is 2. The van der Waals surface area contributed by atoms with Gasteiger partial charge in [0, 0.05) is 13.1 Å². The van der Waals surface area contributed by atoms with Crippen molar-refractivity contribution >= 4 is 8.03 Å². The summed E-state index contributed by atoms with van der Waals surface area (Å²) in [6.07, 6.45) is 0.302. The van der Waals surface area contributed by atoms with E-state index >= 15 is 0 Å². The van der Waals surface area contributed by atoms with E-state index in [1.165, 1.54) is 0 Å². The zero-order valence-electron chi connectivity index (χ0n) is 7.13. The lowest BCUT2D eigenvalue weighted by atomic mass is 10.5. The van der Waals surface area contributed by atoms with Gasteiger partial charge in [-0.05, 0) is 13.6 Å². The number of hydrogen-bond donors (Lipinski definition) is 2. The summed E-state index contributed by atoms with van der Waals surface area (Å²) >= 11 is 0. The molecule has 4 nitrogen and oxygen atoms in total. The summed E-state index contributed by atoms with van der Waals surface area (Å²) in [5.41, 5.74) is 0. The number of nitrogens with zero attached hydrogens (tertiary/aromatic N) is 1. The molecule has 0 aliphatic heterocycles. The molecule has 68 valence electrons. The second-order valence-corrected chi connectivity index (χ2v) is 3.59. The SMILES string of the molecule is CCNCCN(C)C[PH](=O)O. The molecule has 11 heavy (non-hydrogen) atoms. The molecule has 1 atom stereocenters. The highest BCUT2D eigenvalue weighted by atomic mass is 31.1. The molecular weight excluding hydrogens is 163 g/mol. The van der Waals surface area contributed by atoms with E-state index < -0.39 is 8.03 Å². The van der Waals surface area contributed by atoms with Crippen molar-refractivity contribution in [1.29, 1.82) is 0 Å². The Morgan fingerprint density at radius 3 is 2.73 bits per heavy atom. The van der Waals surface area contributed by atoms with Gasteiger partial charge in [-0.1, -0.05) is 6.92 Å². The quantitative estimate of drug-likeness (QED) is 0.444. The van der Waals surface area contributed by atoms with Crippen LogP contribution in [0, 0.1) is 0 Å². The molecule has 0 radical (unpaired) electrons. The molecule has 0 aliphatic rings. The summed E-state index contributed by atoms with van der Waals surface area (Å²) in [7, 11) is -0.479. The van der Waals surface area contributed by atoms with Gasteiger partial charge in [0.25, 0.3) is 0 Å². The molecule has 0 saturated heterocycles. The minimum atomic E-state index is -2.32. The van der Waals surface area contributed by atoms with Gasteiger partial charge in [-0.3, -0.25) is 9.46 Å². The maximum absolute atomic E-state index is 10.4. The standard InChI is InChI=1S/C6H17N2O2P/c1-3-7-4-5-8(2)6-11(9)10/h7,11H,3-6H2,1-2H3,(H,9,10). The van der Waals surface area contributed by atoms with Crippen LogP contribution in [-0.4, -0.2) is 42.8 Å². The first-order valence-corrected chi connectivity index (χ1v) is 5.34. The second kappa shape index (κ2) is 6.80. The molecule has 1 unspecified atom stereocenters. The Hall–Kier alpha value is 0.110. The second-order valence-electron chi connectivity index (χ2n) is 2.49. The van der Waals surface area contributed by atoms with Gasteiger partial charge in [0.15, 0.2) is 0 Å². The van der Waals surface area contributed by atoms with Gasteiger partial charge in [-0.25, -0.2) is 0 Å². The summed E-state index contributed by atoms with van der Waals surface area (Å²) < 4.78 is 10.4. The van der Waals surface area contributed by atoms with E-state index in [0.717, 1.165) is 19.6 Å². The summed E-state index contributed by atoms with van der Waals surface area (Å²) in [6.45, 7) is 4.68. The van der Waals surface area contributed by atoms with Crippen LogP contribution < -0.4 is 5.32 Å². The third-order valence-electron chi connectivity index (χ3n) is 1.33. The van der Waals surface area contributed by atoms with Gasteiger partial charge >= 0.3 is 0 Å². The lowest BCUT2D eigenvalue weighted by Gasteiger charge is -2.13. The van der Waals surface area contributed by atoms with Crippen LogP contribution >= 0.6 is 8.03 Å². The summed E-state index contributed by atoms with van der Waals surface area (Å²) in [5.74, 6) is 0. The highest BCUT2D eigenvalue weighted by Gasteiger charge is 1.99. The number of hydrogen-bond acceptors (Lipinski definition) is 3. The Bertz CT molecular complexity index is 121. The van der Waals surface area contributed by atoms with Crippen LogP contribution in [0.3, 0.4) is 0 Å². The first kappa shape index (κ1) is 11.1. The zero-order valence-corrected chi connectivity index (χ0v) is 8.13. The van der Waals surface area contributed by atoms with Gasteiger partial charge in [-0.15, -0.1) is 0 Å². The fourth-order valence-electron chi connectivity index (χ4n) is 0.757. The first-order chi connectivity index (χ1) is 5.16. The molecule has 5 heteroatoms. The van der Waals surface area contributed by atoms with Gasteiger partial charge < -0.3 is 10.2 Å². The van der Waals surface area contributed by atoms with Crippen molar-refractivity contribution in [2.24, 2.45) is 0 Å². The Morgan fingerprint density at radius 1 is 1.64 bits per heavy atom. The van der Waals surface area contributed by atoms with Crippen LogP contribution in [-0.2, 0) is 4.57 Å². The van der Waals surface area contributed by atoms with Crippen molar-refractivity contribution in [2.45, 2.75) is 6.92 Å². The van der Waals surface area contributed by atoms with Gasteiger partial charge in [0.2, 0.25) is 8.03 Å². The molecule has 0 aromatic carbocycles. The highest BCUT2D eigenvalue weighted by Crippen LogP contribution is 2.12. The molecule has 0 aromatic heterocycles. The minimum Gasteiger partial charge on any atom is -0.345 e. The predicted octanol–water partition coefficient (Wildman–Crippen LogP) is -0.0478. The zero-order chi connectivity index (χ0) is 8.69. The largest absolute Gasteiger partial charge is 0.345 e. The molecule has 2 N–H and O–H groups in total. The van der Waals surface area contributed by atoms with Gasteiger partial charge in [-0.2, -0.15) is 0 Å². The minimum absolute atomic E-state index is 0.302. The smallest absolute Gasteiger partial charge is 0.202 e. The predicted molar refractivity (Wildman–Crippen MR) is 47.3 cm³/mol.